The van der Waals surface area contributed by atoms with Crippen molar-refractivity contribution in [3.63, 3.8) is 0 Å². The molecule has 5 rings (SSSR count). The molecule has 1 saturated heterocycles. The molecule has 0 atom stereocenters. The van der Waals surface area contributed by atoms with E-state index in [1.165, 1.54) is 37.0 Å². The standard InChI is InChI=1S/C25H26N6OS/c1-18-23(33-25(26-18)31-16-6-7-17-31)24(32)27-20-10-8-19(9-11-20)21-12-13-22(29-28-21)30-14-4-2-3-5-15-30/h6-13,16-17H,2-5,14-15H2,1H3,(H,27,32). The van der Waals surface area contributed by atoms with E-state index in [1.54, 1.807) is 0 Å². The zero-order valence-corrected chi connectivity index (χ0v) is 19.4. The number of amides is 1. The Bertz CT molecular complexity index is 1210. The Morgan fingerprint density at radius 2 is 1.67 bits per heavy atom. The monoisotopic (exact) mass is 458 g/mol. The number of benzene rings is 1. The minimum Gasteiger partial charge on any atom is -0.355 e. The van der Waals surface area contributed by atoms with Gasteiger partial charge in [0.15, 0.2) is 10.9 Å². The summed E-state index contributed by atoms with van der Waals surface area (Å²) >= 11 is 1.38. The molecule has 4 heterocycles. The molecule has 1 fully saturated rings. The van der Waals surface area contributed by atoms with Crippen molar-refractivity contribution in [1.29, 1.82) is 0 Å². The van der Waals surface area contributed by atoms with E-state index in [-0.39, 0.29) is 5.91 Å². The Labute approximate surface area is 197 Å². The molecule has 8 heteroatoms. The number of hydrogen-bond acceptors (Lipinski definition) is 6. The van der Waals surface area contributed by atoms with Gasteiger partial charge in [0.1, 0.15) is 4.88 Å². The van der Waals surface area contributed by atoms with Gasteiger partial charge in [-0.3, -0.25) is 4.79 Å². The van der Waals surface area contributed by atoms with Crippen molar-refractivity contribution in [2.45, 2.75) is 32.6 Å². The molecule has 3 aromatic heterocycles. The van der Waals surface area contributed by atoms with E-state index in [1.807, 2.05) is 66.3 Å². The molecule has 1 aromatic carbocycles. The molecule has 4 aromatic rings. The summed E-state index contributed by atoms with van der Waals surface area (Å²) in [5.74, 6) is 0.793. The van der Waals surface area contributed by atoms with E-state index in [4.69, 9.17) is 0 Å². The number of nitrogens with zero attached hydrogens (tertiary/aromatic N) is 5. The van der Waals surface area contributed by atoms with Gasteiger partial charge in [-0.15, -0.1) is 10.2 Å². The second kappa shape index (κ2) is 9.54. The molecule has 1 amide bonds. The van der Waals surface area contributed by atoms with Crippen LogP contribution in [0.1, 0.15) is 41.0 Å². The van der Waals surface area contributed by atoms with Gasteiger partial charge in [0.05, 0.1) is 11.4 Å². The Balaban J connectivity index is 1.26. The molecule has 0 saturated carbocycles. The SMILES string of the molecule is Cc1nc(-n2cccc2)sc1C(=O)Nc1ccc(-c2ccc(N3CCCCCC3)nn2)cc1. The minimum absolute atomic E-state index is 0.155. The van der Waals surface area contributed by atoms with Crippen molar-refractivity contribution in [3.05, 3.63) is 71.5 Å². The van der Waals surface area contributed by atoms with Crippen LogP contribution < -0.4 is 10.2 Å². The molecular formula is C25H26N6OS. The predicted molar refractivity (Wildman–Crippen MR) is 132 cm³/mol. The highest BCUT2D eigenvalue weighted by atomic mass is 32.1. The second-order valence-electron chi connectivity index (χ2n) is 8.21. The number of thiazole rings is 1. The number of carbonyl (C=O) groups excluding carboxylic acids is 1. The van der Waals surface area contributed by atoms with Crippen LogP contribution in [0.15, 0.2) is 60.9 Å². The number of hydrogen-bond donors (Lipinski definition) is 1. The van der Waals surface area contributed by atoms with Crippen LogP contribution in [-0.2, 0) is 0 Å². The number of nitrogens with one attached hydrogen (secondary N) is 1. The van der Waals surface area contributed by atoms with Crippen molar-refractivity contribution < 1.29 is 4.79 Å². The first kappa shape index (κ1) is 21.3. The van der Waals surface area contributed by atoms with Gasteiger partial charge in [0.25, 0.3) is 5.91 Å². The third kappa shape index (κ3) is 4.80. The molecule has 33 heavy (non-hydrogen) atoms. The molecule has 1 aliphatic rings. The van der Waals surface area contributed by atoms with E-state index in [9.17, 15) is 4.79 Å². The second-order valence-corrected chi connectivity index (χ2v) is 9.19. The first-order valence-corrected chi connectivity index (χ1v) is 12.1. The summed E-state index contributed by atoms with van der Waals surface area (Å²) in [6.45, 7) is 3.96. The van der Waals surface area contributed by atoms with Gasteiger partial charge in [-0.05, 0) is 56.2 Å². The number of aromatic nitrogens is 4. The summed E-state index contributed by atoms with van der Waals surface area (Å²) in [7, 11) is 0. The number of anilines is 2. The fourth-order valence-electron chi connectivity index (χ4n) is 4.03. The molecule has 1 N–H and O–H groups in total. The van der Waals surface area contributed by atoms with Gasteiger partial charge >= 0.3 is 0 Å². The van der Waals surface area contributed by atoms with Gasteiger partial charge in [-0.25, -0.2) is 4.98 Å². The average Bonchev–Trinajstić information content (AvgIpc) is 3.42. The average molecular weight is 459 g/mol. The Morgan fingerprint density at radius 3 is 2.33 bits per heavy atom. The number of rotatable bonds is 5. The lowest BCUT2D eigenvalue weighted by molar-refractivity contribution is 0.103. The lowest BCUT2D eigenvalue weighted by Gasteiger charge is -2.20. The summed E-state index contributed by atoms with van der Waals surface area (Å²) in [6, 6.07) is 15.6. The van der Waals surface area contributed by atoms with Crippen LogP contribution in [0.4, 0.5) is 11.5 Å². The molecule has 0 aliphatic carbocycles. The van der Waals surface area contributed by atoms with Gasteiger partial charge in [-0.2, -0.15) is 0 Å². The summed E-state index contributed by atoms with van der Waals surface area (Å²) in [6.07, 6.45) is 8.85. The van der Waals surface area contributed by atoms with Gasteiger partial charge < -0.3 is 14.8 Å². The van der Waals surface area contributed by atoms with Crippen molar-refractivity contribution in [2.24, 2.45) is 0 Å². The molecule has 0 radical (unpaired) electrons. The third-order valence-electron chi connectivity index (χ3n) is 5.84. The lowest BCUT2D eigenvalue weighted by Crippen LogP contribution is -2.25. The maximum atomic E-state index is 12.8. The topological polar surface area (TPSA) is 75.9 Å². The van der Waals surface area contributed by atoms with E-state index in [0.717, 1.165) is 46.7 Å². The number of aryl methyl sites for hydroxylation is 1. The van der Waals surface area contributed by atoms with E-state index < -0.39 is 0 Å². The van der Waals surface area contributed by atoms with Crippen LogP contribution in [0.3, 0.4) is 0 Å². The maximum Gasteiger partial charge on any atom is 0.267 e. The van der Waals surface area contributed by atoms with Crippen molar-refractivity contribution >= 4 is 28.7 Å². The normalized spacial score (nSPS) is 14.2. The smallest absolute Gasteiger partial charge is 0.267 e. The first-order valence-electron chi connectivity index (χ1n) is 11.3. The Morgan fingerprint density at radius 1 is 0.939 bits per heavy atom. The molecule has 1 aliphatic heterocycles. The van der Waals surface area contributed by atoms with Crippen LogP contribution in [0.5, 0.6) is 0 Å². The highest BCUT2D eigenvalue weighted by Crippen LogP contribution is 2.25. The summed E-state index contributed by atoms with van der Waals surface area (Å²) < 4.78 is 1.91. The van der Waals surface area contributed by atoms with Crippen molar-refractivity contribution in [3.8, 4) is 16.4 Å². The van der Waals surface area contributed by atoms with Crippen LogP contribution >= 0.6 is 11.3 Å². The zero-order valence-electron chi connectivity index (χ0n) is 18.6. The lowest BCUT2D eigenvalue weighted by atomic mass is 10.1. The highest BCUT2D eigenvalue weighted by molar-refractivity contribution is 7.16. The Kier molecular flexibility index (Phi) is 6.17. The van der Waals surface area contributed by atoms with Gasteiger partial charge in [0, 0.05) is 36.7 Å². The van der Waals surface area contributed by atoms with Crippen LogP contribution in [0.25, 0.3) is 16.4 Å². The van der Waals surface area contributed by atoms with Crippen molar-refractivity contribution in [1.82, 2.24) is 19.7 Å². The predicted octanol–water partition coefficient (Wildman–Crippen LogP) is 5.33. The zero-order chi connectivity index (χ0) is 22.6. The maximum absolute atomic E-state index is 12.8. The summed E-state index contributed by atoms with van der Waals surface area (Å²) in [5, 5.41) is 12.7. The van der Waals surface area contributed by atoms with Crippen LogP contribution in [-0.4, -0.2) is 38.7 Å². The molecule has 0 unspecified atom stereocenters. The van der Waals surface area contributed by atoms with Crippen LogP contribution in [0.2, 0.25) is 0 Å². The minimum atomic E-state index is -0.155. The molecule has 168 valence electrons. The Hall–Kier alpha value is -3.52. The van der Waals surface area contributed by atoms with Crippen LogP contribution in [0, 0.1) is 6.92 Å². The van der Waals surface area contributed by atoms with E-state index >= 15 is 0 Å². The molecular weight excluding hydrogens is 432 g/mol. The molecule has 7 nitrogen and oxygen atoms in total. The fraction of sp³-hybridized carbons (Fsp3) is 0.280. The fourth-order valence-corrected chi connectivity index (χ4v) is 4.95. The third-order valence-corrected chi connectivity index (χ3v) is 7.01. The quantitative estimate of drug-likeness (QED) is 0.437. The first-order chi connectivity index (χ1) is 16.2. The summed E-state index contributed by atoms with van der Waals surface area (Å²) in [5.41, 5.74) is 3.23. The molecule has 0 spiro atoms. The largest absolute Gasteiger partial charge is 0.355 e. The highest BCUT2D eigenvalue weighted by Gasteiger charge is 2.16. The summed E-state index contributed by atoms with van der Waals surface area (Å²) in [4.78, 5) is 20.3. The van der Waals surface area contributed by atoms with Gasteiger partial charge in [-0.1, -0.05) is 36.3 Å². The molecule has 0 bridgehead atoms. The van der Waals surface area contributed by atoms with E-state index in [2.05, 4.69) is 31.5 Å². The van der Waals surface area contributed by atoms with Crippen molar-refractivity contribution in [2.75, 3.05) is 23.3 Å². The number of carbonyl (C=O) groups is 1. The van der Waals surface area contributed by atoms with E-state index in [0.29, 0.717) is 4.88 Å². The van der Waals surface area contributed by atoms with Gasteiger partial charge in [0.2, 0.25) is 0 Å².